The summed E-state index contributed by atoms with van der Waals surface area (Å²) in [5.41, 5.74) is 2.12. The molecule has 0 unspecified atom stereocenters. The van der Waals surface area contributed by atoms with Crippen LogP contribution in [-0.4, -0.2) is 4.57 Å². The van der Waals surface area contributed by atoms with Gasteiger partial charge in [-0.15, -0.1) is 0 Å². The Kier molecular flexibility index (Phi) is 2.98. The molecule has 2 rings (SSSR count). The highest BCUT2D eigenvalue weighted by Gasteiger charge is 2.05. The van der Waals surface area contributed by atoms with Crippen molar-refractivity contribution in [2.75, 3.05) is 0 Å². The van der Waals surface area contributed by atoms with Crippen LogP contribution in [0.1, 0.15) is 0 Å². The zero-order chi connectivity index (χ0) is 10.8. The fourth-order valence-corrected chi connectivity index (χ4v) is 1.72. The number of fused-ring (bicyclic) bond motifs is 1. The number of nitrogens with zero attached hydrogens (tertiary/aromatic N) is 1. The van der Waals surface area contributed by atoms with E-state index in [-0.39, 0.29) is 5.82 Å². The van der Waals surface area contributed by atoms with Crippen molar-refractivity contribution in [1.29, 1.82) is 0 Å². The molecule has 0 spiro atoms. The van der Waals surface area contributed by atoms with Gasteiger partial charge in [0.1, 0.15) is 5.82 Å². The third kappa shape index (κ3) is 2.01. The van der Waals surface area contributed by atoms with Crippen LogP contribution in [0, 0.1) is 5.82 Å². The molecule has 1 nitrogen and oxygen atoms in total. The maximum atomic E-state index is 13.3. The van der Waals surface area contributed by atoms with Gasteiger partial charge in [-0.2, -0.15) is 0 Å². The van der Waals surface area contributed by atoms with Crippen LogP contribution in [0.4, 0.5) is 4.39 Å². The Morgan fingerprint density at radius 3 is 2.93 bits per heavy atom. The summed E-state index contributed by atoms with van der Waals surface area (Å²) in [5, 5.41) is 1.11. The summed E-state index contributed by atoms with van der Waals surface area (Å²) in [5.74, 6) is -0.225. The van der Waals surface area contributed by atoms with Gasteiger partial charge in [0.25, 0.3) is 0 Å². The van der Waals surface area contributed by atoms with E-state index in [0.29, 0.717) is 17.0 Å². The minimum atomic E-state index is -0.225. The van der Waals surface area contributed by atoms with Gasteiger partial charge in [-0.3, -0.25) is 0 Å². The van der Waals surface area contributed by atoms with Gasteiger partial charge >= 0.3 is 0 Å². The zero-order valence-corrected chi connectivity index (χ0v) is 9.26. The molecule has 15 heavy (non-hydrogen) atoms. The van der Waals surface area contributed by atoms with E-state index in [0.717, 1.165) is 5.52 Å². The third-order valence-corrected chi connectivity index (χ3v) is 2.80. The van der Waals surface area contributed by atoms with Gasteiger partial charge in [0.15, 0.2) is 0 Å². The van der Waals surface area contributed by atoms with Crippen molar-refractivity contribution in [2.24, 2.45) is 0 Å². The molecule has 0 saturated heterocycles. The summed E-state index contributed by atoms with van der Waals surface area (Å²) in [7, 11) is 0. The van der Waals surface area contributed by atoms with Gasteiger partial charge < -0.3 is 4.57 Å². The SMILES string of the molecule is Fc1cccc2c1ccn2C/C(Cl)=C/Cl. The summed E-state index contributed by atoms with van der Waals surface area (Å²) >= 11 is 11.3. The average molecular weight is 244 g/mol. The van der Waals surface area contributed by atoms with Crippen molar-refractivity contribution in [3.8, 4) is 0 Å². The smallest absolute Gasteiger partial charge is 0.132 e. The Labute approximate surface area is 96.7 Å². The Balaban J connectivity index is 2.50. The van der Waals surface area contributed by atoms with Gasteiger partial charge in [-0.25, -0.2) is 4.39 Å². The number of rotatable bonds is 2. The Morgan fingerprint density at radius 1 is 1.40 bits per heavy atom. The van der Waals surface area contributed by atoms with Gasteiger partial charge in [-0.1, -0.05) is 29.3 Å². The first kappa shape index (κ1) is 10.5. The van der Waals surface area contributed by atoms with Crippen LogP contribution in [0.5, 0.6) is 0 Å². The lowest BCUT2D eigenvalue weighted by molar-refractivity contribution is 0.639. The highest BCUT2D eigenvalue weighted by molar-refractivity contribution is 6.36. The molecule has 0 fully saturated rings. The van der Waals surface area contributed by atoms with E-state index in [9.17, 15) is 4.39 Å². The molecule has 0 atom stereocenters. The van der Waals surface area contributed by atoms with Crippen molar-refractivity contribution in [2.45, 2.75) is 6.54 Å². The van der Waals surface area contributed by atoms with Crippen molar-refractivity contribution < 1.29 is 4.39 Å². The van der Waals surface area contributed by atoms with Gasteiger partial charge in [0.2, 0.25) is 0 Å². The highest BCUT2D eigenvalue weighted by atomic mass is 35.5. The fraction of sp³-hybridized carbons (Fsp3) is 0.0909. The monoisotopic (exact) mass is 243 g/mol. The largest absolute Gasteiger partial charge is 0.342 e. The topological polar surface area (TPSA) is 4.93 Å². The molecule has 0 aliphatic heterocycles. The summed E-state index contributed by atoms with van der Waals surface area (Å²) in [6.07, 6.45) is 1.79. The molecule has 1 aromatic heterocycles. The van der Waals surface area contributed by atoms with E-state index in [1.54, 1.807) is 18.3 Å². The highest BCUT2D eigenvalue weighted by Crippen LogP contribution is 2.20. The van der Waals surface area contributed by atoms with Crippen molar-refractivity contribution in [3.05, 3.63) is 46.8 Å². The number of aromatic nitrogens is 1. The number of hydrogen-bond donors (Lipinski definition) is 0. The summed E-state index contributed by atoms with van der Waals surface area (Å²) < 4.78 is 15.2. The minimum Gasteiger partial charge on any atom is -0.342 e. The lowest BCUT2D eigenvalue weighted by atomic mass is 10.2. The molecule has 2 aromatic rings. The lowest BCUT2D eigenvalue weighted by Crippen LogP contribution is -1.95. The van der Waals surface area contributed by atoms with E-state index < -0.39 is 0 Å². The van der Waals surface area contributed by atoms with Gasteiger partial charge in [-0.05, 0) is 18.2 Å². The maximum Gasteiger partial charge on any atom is 0.132 e. The Bertz CT molecular complexity index is 516. The van der Waals surface area contributed by atoms with Crippen LogP contribution in [0.3, 0.4) is 0 Å². The Morgan fingerprint density at radius 2 is 2.20 bits per heavy atom. The Hall–Kier alpha value is -0.990. The first-order valence-electron chi connectivity index (χ1n) is 4.40. The molecule has 78 valence electrons. The standard InChI is InChI=1S/C11H8Cl2FN/c12-6-8(13)7-15-5-4-9-10(14)2-1-3-11(9)15/h1-6H,7H2/b8-6-. The second-order valence-corrected chi connectivity index (χ2v) is 3.88. The van der Waals surface area contributed by atoms with Gasteiger partial charge in [0.05, 0.1) is 12.1 Å². The van der Waals surface area contributed by atoms with E-state index in [2.05, 4.69) is 0 Å². The molecule has 0 amide bonds. The first-order valence-corrected chi connectivity index (χ1v) is 5.22. The number of benzene rings is 1. The van der Waals surface area contributed by atoms with Crippen LogP contribution >= 0.6 is 23.2 Å². The quantitative estimate of drug-likeness (QED) is 0.749. The summed E-state index contributed by atoms with van der Waals surface area (Å²) in [6, 6.07) is 6.68. The van der Waals surface area contributed by atoms with E-state index in [4.69, 9.17) is 23.2 Å². The number of halogens is 3. The van der Waals surface area contributed by atoms with E-state index in [1.807, 2.05) is 10.6 Å². The fourth-order valence-electron chi connectivity index (χ4n) is 1.52. The van der Waals surface area contributed by atoms with Crippen molar-refractivity contribution in [1.82, 2.24) is 4.57 Å². The molecule has 1 aromatic carbocycles. The summed E-state index contributed by atoms with van der Waals surface area (Å²) in [4.78, 5) is 0. The molecule has 0 aliphatic carbocycles. The van der Waals surface area contributed by atoms with E-state index >= 15 is 0 Å². The van der Waals surface area contributed by atoms with Crippen LogP contribution in [0.15, 0.2) is 41.0 Å². The normalized spacial score (nSPS) is 12.3. The van der Waals surface area contributed by atoms with Crippen LogP contribution in [0.2, 0.25) is 0 Å². The molecular formula is C11H8Cl2FN. The second kappa shape index (κ2) is 4.25. The molecule has 0 aliphatic rings. The molecular weight excluding hydrogens is 236 g/mol. The molecule has 1 heterocycles. The molecule has 4 heteroatoms. The summed E-state index contributed by atoms with van der Waals surface area (Å²) in [6.45, 7) is 0.456. The third-order valence-electron chi connectivity index (χ3n) is 2.20. The second-order valence-electron chi connectivity index (χ2n) is 3.17. The molecule has 0 radical (unpaired) electrons. The lowest BCUT2D eigenvalue weighted by Gasteiger charge is -2.03. The number of hydrogen-bond acceptors (Lipinski definition) is 0. The number of allylic oxidation sites excluding steroid dienone is 1. The predicted octanol–water partition coefficient (Wildman–Crippen LogP) is 4.10. The van der Waals surface area contributed by atoms with Crippen LogP contribution in [-0.2, 0) is 6.54 Å². The van der Waals surface area contributed by atoms with Gasteiger partial charge in [0, 0.05) is 22.2 Å². The minimum absolute atomic E-state index is 0.225. The zero-order valence-electron chi connectivity index (χ0n) is 7.75. The van der Waals surface area contributed by atoms with Crippen LogP contribution < -0.4 is 0 Å². The molecule has 0 saturated carbocycles. The van der Waals surface area contributed by atoms with Crippen molar-refractivity contribution in [3.63, 3.8) is 0 Å². The molecule has 0 N–H and O–H groups in total. The average Bonchev–Trinajstić information content (AvgIpc) is 2.63. The molecule has 0 bridgehead atoms. The first-order chi connectivity index (χ1) is 7.22. The van der Waals surface area contributed by atoms with Crippen molar-refractivity contribution >= 4 is 34.1 Å². The maximum absolute atomic E-state index is 13.3. The van der Waals surface area contributed by atoms with E-state index in [1.165, 1.54) is 11.6 Å². The predicted molar refractivity (Wildman–Crippen MR) is 61.7 cm³/mol. The van der Waals surface area contributed by atoms with Crippen LogP contribution in [0.25, 0.3) is 10.9 Å².